The maximum atomic E-state index is 2.42. The molecule has 0 radical (unpaired) electrons. The fraction of sp³-hybridized carbons (Fsp3) is 0.737. The largest absolute Gasteiger partial charge is 0.306 e. The minimum atomic E-state index is 0.750. The van der Waals surface area contributed by atoms with E-state index in [1.807, 2.05) is 0 Å². The van der Waals surface area contributed by atoms with Crippen LogP contribution in [-0.4, -0.2) is 25.0 Å². The molecule has 0 saturated carbocycles. The molecular formula is C19H35N2+. The Balaban J connectivity index is 2.15. The molecule has 0 amide bonds. The minimum Gasteiger partial charge on any atom is -0.306 e. The summed E-state index contributed by atoms with van der Waals surface area (Å²) in [6.45, 7) is 3.43. The lowest BCUT2D eigenvalue weighted by Gasteiger charge is -2.23. The molecule has 1 atom stereocenters. The quantitative estimate of drug-likeness (QED) is 0.408. The fourth-order valence-corrected chi connectivity index (χ4v) is 2.91. The van der Waals surface area contributed by atoms with Crippen molar-refractivity contribution in [2.75, 3.05) is 14.1 Å². The number of aromatic nitrogens is 1. The number of hydrogen-bond acceptors (Lipinski definition) is 1. The van der Waals surface area contributed by atoms with Crippen molar-refractivity contribution < 1.29 is 4.57 Å². The van der Waals surface area contributed by atoms with E-state index in [0.717, 1.165) is 12.6 Å². The highest BCUT2D eigenvalue weighted by Crippen LogP contribution is 2.14. The number of hydrogen-bond donors (Lipinski definition) is 0. The Hall–Kier alpha value is -0.890. The normalized spacial score (nSPS) is 12.8. The molecule has 21 heavy (non-hydrogen) atoms. The topological polar surface area (TPSA) is 7.12 Å². The first-order valence-electron chi connectivity index (χ1n) is 8.84. The SMILES string of the molecule is CCCCCCCCC(CCC[n+]1ccccc1)N(C)C. The Morgan fingerprint density at radius 1 is 0.810 bits per heavy atom. The van der Waals surface area contributed by atoms with Gasteiger partial charge in [0.2, 0.25) is 0 Å². The minimum absolute atomic E-state index is 0.750. The van der Waals surface area contributed by atoms with Gasteiger partial charge in [0.15, 0.2) is 12.4 Å². The number of unbranched alkanes of at least 4 members (excludes halogenated alkanes) is 5. The lowest BCUT2D eigenvalue weighted by molar-refractivity contribution is -0.697. The van der Waals surface area contributed by atoms with Crippen LogP contribution in [0.5, 0.6) is 0 Å². The van der Waals surface area contributed by atoms with Gasteiger partial charge in [-0.3, -0.25) is 0 Å². The van der Waals surface area contributed by atoms with E-state index < -0.39 is 0 Å². The first kappa shape index (κ1) is 18.2. The molecular weight excluding hydrogens is 256 g/mol. The number of pyridine rings is 1. The van der Waals surface area contributed by atoms with Crippen molar-refractivity contribution in [2.24, 2.45) is 0 Å². The van der Waals surface area contributed by atoms with Crippen LogP contribution < -0.4 is 4.57 Å². The van der Waals surface area contributed by atoms with Crippen molar-refractivity contribution in [3.8, 4) is 0 Å². The van der Waals surface area contributed by atoms with Gasteiger partial charge in [0.1, 0.15) is 6.54 Å². The zero-order valence-corrected chi connectivity index (χ0v) is 14.4. The van der Waals surface area contributed by atoms with Gasteiger partial charge in [-0.05, 0) is 26.9 Å². The molecule has 120 valence electrons. The van der Waals surface area contributed by atoms with Gasteiger partial charge >= 0.3 is 0 Å². The third-order valence-electron chi connectivity index (χ3n) is 4.35. The van der Waals surface area contributed by atoms with Gasteiger partial charge < -0.3 is 4.90 Å². The van der Waals surface area contributed by atoms with E-state index in [4.69, 9.17) is 0 Å². The van der Waals surface area contributed by atoms with E-state index in [1.165, 1.54) is 57.8 Å². The maximum absolute atomic E-state index is 2.42. The zero-order chi connectivity index (χ0) is 15.3. The van der Waals surface area contributed by atoms with Crippen LogP contribution in [0.15, 0.2) is 30.6 Å². The van der Waals surface area contributed by atoms with E-state index in [1.54, 1.807) is 0 Å². The molecule has 0 aliphatic rings. The van der Waals surface area contributed by atoms with Gasteiger partial charge in [-0.2, -0.15) is 0 Å². The second-order valence-corrected chi connectivity index (χ2v) is 6.43. The Kier molecular flexibility index (Phi) is 10.1. The predicted octanol–water partition coefficient (Wildman–Crippen LogP) is 4.44. The number of aryl methyl sites for hydroxylation is 1. The van der Waals surface area contributed by atoms with Crippen LogP contribution in [0.1, 0.15) is 64.7 Å². The standard InChI is InChI=1S/C19H35N2/c1-4-5-6-7-8-10-14-19(20(2)3)15-13-18-21-16-11-9-12-17-21/h9,11-12,16-17,19H,4-8,10,13-15,18H2,1-3H3/q+1. The lowest BCUT2D eigenvalue weighted by atomic mass is 10.0. The number of nitrogens with zero attached hydrogens (tertiary/aromatic N) is 2. The molecule has 2 heteroatoms. The summed E-state index contributed by atoms with van der Waals surface area (Å²) in [6.07, 6.45) is 16.7. The van der Waals surface area contributed by atoms with Crippen molar-refractivity contribution in [3.63, 3.8) is 0 Å². The van der Waals surface area contributed by atoms with E-state index in [-0.39, 0.29) is 0 Å². The molecule has 1 rings (SSSR count). The van der Waals surface area contributed by atoms with Gasteiger partial charge in [0, 0.05) is 24.6 Å². The molecule has 0 aromatic carbocycles. The summed E-state index contributed by atoms with van der Waals surface area (Å²) in [5.74, 6) is 0. The maximum Gasteiger partial charge on any atom is 0.168 e. The van der Waals surface area contributed by atoms with Crippen LogP contribution in [0.25, 0.3) is 0 Å². The molecule has 0 aliphatic heterocycles. The van der Waals surface area contributed by atoms with Crippen molar-refractivity contribution in [2.45, 2.75) is 77.3 Å². The number of rotatable bonds is 12. The Bertz CT molecular complexity index is 335. The lowest BCUT2D eigenvalue weighted by Crippen LogP contribution is -2.34. The summed E-state index contributed by atoms with van der Waals surface area (Å²) in [6, 6.07) is 7.05. The van der Waals surface area contributed by atoms with Crippen LogP contribution in [0.2, 0.25) is 0 Å². The first-order valence-corrected chi connectivity index (χ1v) is 8.84. The molecule has 0 spiro atoms. The molecule has 0 bridgehead atoms. The monoisotopic (exact) mass is 291 g/mol. The molecule has 1 unspecified atom stereocenters. The molecule has 1 heterocycles. The van der Waals surface area contributed by atoms with Crippen LogP contribution in [0, 0.1) is 0 Å². The van der Waals surface area contributed by atoms with Crippen molar-refractivity contribution in [1.82, 2.24) is 4.90 Å². The Morgan fingerprint density at radius 3 is 2.10 bits per heavy atom. The van der Waals surface area contributed by atoms with Crippen LogP contribution in [0.4, 0.5) is 0 Å². The molecule has 0 aliphatic carbocycles. The highest BCUT2D eigenvalue weighted by molar-refractivity contribution is 4.83. The zero-order valence-electron chi connectivity index (χ0n) is 14.4. The highest BCUT2D eigenvalue weighted by atomic mass is 15.1. The molecule has 1 aromatic heterocycles. The summed E-state index contributed by atoms with van der Waals surface area (Å²) in [5, 5.41) is 0. The van der Waals surface area contributed by atoms with Crippen molar-refractivity contribution >= 4 is 0 Å². The van der Waals surface area contributed by atoms with E-state index in [2.05, 4.69) is 61.1 Å². The van der Waals surface area contributed by atoms with Crippen LogP contribution in [-0.2, 0) is 6.54 Å². The summed E-state index contributed by atoms with van der Waals surface area (Å²) < 4.78 is 2.29. The summed E-state index contributed by atoms with van der Waals surface area (Å²) in [5.41, 5.74) is 0. The fourth-order valence-electron chi connectivity index (χ4n) is 2.91. The first-order chi connectivity index (χ1) is 10.2. The van der Waals surface area contributed by atoms with Gasteiger partial charge in [-0.15, -0.1) is 0 Å². The highest BCUT2D eigenvalue weighted by Gasteiger charge is 2.11. The third-order valence-corrected chi connectivity index (χ3v) is 4.35. The average molecular weight is 292 g/mol. The smallest absolute Gasteiger partial charge is 0.168 e. The second kappa shape index (κ2) is 11.7. The van der Waals surface area contributed by atoms with Gasteiger partial charge in [0.05, 0.1) is 0 Å². The Morgan fingerprint density at radius 2 is 1.43 bits per heavy atom. The van der Waals surface area contributed by atoms with Crippen LogP contribution in [0.3, 0.4) is 0 Å². The summed E-state index contributed by atoms with van der Waals surface area (Å²) >= 11 is 0. The van der Waals surface area contributed by atoms with Gasteiger partial charge in [-0.1, -0.05) is 51.5 Å². The van der Waals surface area contributed by atoms with Crippen LogP contribution >= 0.6 is 0 Å². The second-order valence-electron chi connectivity index (χ2n) is 6.43. The molecule has 0 fully saturated rings. The van der Waals surface area contributed by atoms with E-state index in [9.17, 15) is 0 Å². The van der Waals surface area contributed by atoms with Crippen molar-refractivity contribution in [1.29, 1.82) is 0 Å². The average Bonchev–Trinajstić information content (AvgIpc) is 2.49. The third kappa shape index (κ3) is 8.87. The van der Waals surface area contributed by atoms with Crippen molar-refractivity contribution in [3.05, 3.63) is 30.6 Å². The van der Waals surface area contributed by atoms with E-state index >= 15 is 0 Å². The van der Waals surface area contributed by atoms with Gasteiger partial charge in [-0.25, -0.2) is 4.57 Å². The molecule has 0 saturated heterocycles. The van der Waals surface area contributed by atoms with Gasteiger partial charge in [0.25, 0.3) is 0 Å². The summed E-state index contributed by atoms with van der Waals surface area (Å²) in [7, 11) is 4.47. The Labute approximate surface area is 132 Å². The molecule has 0 N–H and O–H groups in total. The van der Waals surface area contributed by atoms with E-state index in [0.29, 0.717) is 0 Å². The molecule has 2 nitrogen and oxygen atoms in total. The summed E-state index contributed by atoms with van der Waals surface area (Å²) in [4.78, 5) is 2.42. The predicted molar refractivity (Wildman–Crippen MR) is 91.3 cm³/mol. The molecule has 1 aromatic rings.